The third-order valence-electron chi connectivity index (χ3n) is 6.97. The van der Waals surface area contributed by atoms with Crippen molar-refractivity contribution in [1.82, 2.24) is 10.2 Å². The van der Waals surface area contributed by atoms with Gasteiger partial charge >= 0.3 is 0 Å². The Balaban J connectivity index is 1.83. The lowest BCUT2D eigenvalue weighted by molar-refractivity contribution is -0.139. The number of amides is 2. The number of para-hydroxylation sites is 2. The van der Waals surface area contributed by atoms with Crippen LogP contribution in [-0.4, -0.2) is 51.4 Å². The second-order valence-electron chi connectivity index (χ2n) is 9.96. The first-order valence-corrected chi connectivity index (χ1v) is 16.6. The summed E-state index contributed by atoms with van der Waals surface area (Å²) < 4.78 is 35.2. The average Bonchev–Trinajstić information content (AvgIpc) is 3.04. The minimum Gasteiger partial charge on any atom is -0.492 e. The molecule has 236 valence electrons. The first kappa shape index (κ1) is 34.1. The van der Waals surface area contributed by atoms with Gasteiger partial charge in [0.05, 0.1) is 27.2 Å². The smallest absolute Gasteiger partial charge is 0.264 e. The summed E-state index contributed by atoms with van der Waals surface area (Å²) in [7, 11) is -2.84. The van der Waals surface area contributed by atoms with Crippen LogP contribution in [0.4, 0.5) is 5.69 Å². The maximum atomic E-state index is 14.5. The number of benzene rings is 4. The highest BCUT2D eigenvalue weighted by Crippen LogP contribution is 2.33. The standard InChI is InChI=1S/C33H32Cl3N3O5S/c1-3-44-31-12-8-7-11-29(31)39(45(42,43)26-16-14-25(34)15-17-26)22-32(40)38(21-24-13-18-27(35)28(36)19-24)30(33(41)37-2)20-23-9-5-4-6-10-23/h4-19,30H,3,20-22H2,1-2H3,(H,37,41)/t30-/m0/s1. The summed E-state index contributed by atoms with van der Waals surface area (Å²) >= 11 is 18.5. The zero-order chi connectivity index (χ0) is 32.6. The summed E-state index contributed by atoms with van der Waals surface area (Å²) in [6.45, 7) is 1.34. The van der Waals surface area contributed by atoms with E-state index in [0.29, 0.717) is 15.6 Å². The van der Waals surface area contributed by atoms with Gasteiger partial charge in [0.25, 0.3) is 10.0 Å². The Labute approximate surface area is 278 Å². The fourth-order valence-corrected chi connectivity index (χ4v) is 6.61. The number of halogens is 3. The van der Waals surface area contributed by atoms with Gasteiger partial charge in [0.2, 0.25) is 11.8 Å². The first-order valence-electron chi connectivity index (χ1n) is 14.0. The van der Waals surface area contributed by atoms with E-state index in [4.69, 9.17) is 39.5 Å². The van der Waals surface area contributed by atoms with E-state index in [1.54, 1.807) is 49.4 Å². The van der Waals surface area contributed by atoms with Crippen molar-refractivity contribution in [2.24, 2.45) is 0 Å². The van der Waals surface area contributed by atoms with E-state index in [1.807, 2.05) is 30.3 Å². The number of nitrogens with zero attached hydrogens (tertiary/aromatic N) is 2. The van der Waals surface area contributed by atoms with Crippen LogP contribution in [-0.2, 0) is 32.6 Å². The second-order valence-corrected chi connectivity index (χ2v) is 13.1. The number of carbonyl (C=O) groups excluding carboxylic acids is 2. The van der Waals surface area contributed by atoms with Crippen molar-refractivity contribution in [2.45, 2.75) is 30.8 Å². The molecule has 2 amide bonds. The van der Waals surface area contributed by atoms with Gasteiger partial charge in [0.1, 0.15) is 18.3 Å². The van der Waals surface area contributed by atoms with Crippen molar-refractivity contribution in [1.29, 1.82) is 0 Å². The Bertz CT molecular complexity index is 1740. The van der Waals surface area contributed by atoms with Crippen molar-refractivity contribution < 1.29 is 22.7 Å². The van der Waals surface area contributed by atoms with Crippen molar-refractivity contribution in [3.05, 3.63) is 123 Å². The monoisotopic (exact) mass is 687 g/mol. The van der Waals surface area contributed by atoms with Gasteiger partial charge in [-0.3, -0.25) is 13.9 Å². The highest BCUT2D eigenvalue weighted by molar-refractivity contribution is 7.92. The highest BCUT2D eigenvalue weighted by Gasteiger charge is 2.35. The summed E-state index contributed by atoms with van der Waals surface area (Å²) in [6.07, 6.45) is 0.174. The molecule has 0 saturated heterocycles. The molecular weight excluding hydrogens is 657 g/mol. The van der Waals surface area contributed by atoms with E-state index in [-0.39, 0.29) is 40.9 Å². The normalized spacial score (nSPS) is 11.8. The molecular formula is C33H32Cl3N3O5S. The minimum absolute atomic E-state index is 0.0530. The Morgan fingerprint density at radius 3 is 2.16 bits per heavy atom. The Morgan fingerprint density at radius 2 is 1.51 bits per heavy atom. The molecule has 0 aliphatic heterocycles. The van der Waals surface area contributed by atoms with Crippen molar-refractivity contribution in [2.75, 3.05) is 24.5 Å². The van der Waals surface area contributed by atoms with Crippen molar-refractivity contribution in [3.63, 3.8) is 0 Å². The Hall–Kier alpha value is -3.76. The van der Waals surface area contributed by atoms with Gasteiger partial charge < -0.3 is 15.0 Å². The van der Waals surface area contributed by atoms with Crippen molar-refractivity contribution >= 4 is 62.3 Å². The molecule has 0 aliphatic rings. The number of likely N-dealkylation sites (N-methyl/N-ethyl adjacent to an activating group) is 1. The predicted octanol–water partition coefficient (Wildman–Crippen LogP) is 6.63. The van der Waals surface area contributed by atoms with Crippen LogP contribution < -0.4 is 14.4 Å². The Morgan fingerprint density at radius 1 is 0.844 bits per heavy atom. The molecule has 0 aliphatic carbocycles. The molecule has 0 heterocycles. The van der Waals surface area contributed by atoms with Gasteiger partial charge in [-0.25, -0.2) is 8.42 Å². The van der Waals surface area contributed by atoms with Gasteiger partial charge in [-0.2, -0.15) is 0 Å². The molecule has 45 heavy (non-hydrogen) atoms. The lowest BCUT2D eigenvalue weighted by Gasteiger charge is -2.34. The van der Waals surface area contributed by atoms with Gasteiger partial charge in [-0.1, -0.05) is 83.3 Å². The number of sulfonamides is 1. The van der Waals surface area contributed by atoms with Crippen LogP contribution in [0.25, 0.3) is 0 Å². The van der Waals surface area contributed by atoms with Crippen LogP contribution in [0.15, 0.2) is 102 Å². The van der Waals surface area contributed by atoms with Crippen LogP contribution in [0.1, 0.15) is 18.1 Å². The fraction of sp³-hybridized carbons (Fsp3) is 0.212. The van der Waals surface area contributed by atoms with Crippen LogP contribution in [0, 0.1) is 0 Å². The predicted molar refractivity (Wildman–Crippen MR) is 179 cm³/mol. The third-order valence-corrected chi connectivity index (χ3v) is 9.73. The maximum Gasteiger partial charge on any atom is 0.264 e. The number of anilines is 1. The van der Waals surface area contributed by atoms with Crippen LogP contribution in [0.5, 0.6) is 5.75 Å². The molecule has 0 unspecified atom stereocenters. The molecule has 4 rings (SSSR count). The first-order chi connectivity index (χ1) is 21.5. The summed E-state index contributed by atoms with van der Waals surface area (Å²) in [5.74, 6) is -0.781. The number of ether oxygens (including phenoxy) is 1. The van der Waals surface area contributed by atoms with Crippen molar-refractivity contribution in [3.8, 4) is 5.75 Å². The maximum absolute atomic E-state index is 14.5. The summed E-state index contributed by atoms with van der Waals surface area (Å²) in [6, 6.07) is 25.4. The quantitative estimate of drug-likeness (QED) is 0.170. The van der Waals surface area contributed by atoms with Crippen LogP contribution in [0.2, 0.25) is 15.1 Å². The zero-order valence-corrected chi connectivity index (χ0v) is 27.7. The van der Waals surface area contributed by atoms with Gasteiger partial charge in [-0.15, -0.1) is 0 Å². The number of nitrogens with one attached hydrogen (secondary N) is 1. The summed E-state index contributed by atoms with van der Waals surface area (Å²) in [5, 5.41) is 3.62. The van der Waals surface area contributed by atoms with E-state index in [2.05, 4.69) is 5.32 Å². The fourth-order valence-electron chi connectivity index (χ4n) is 4.74. The molecule has 0 aromatic heterocycles. The van der Waals surface area contributed by atoms with E-state index >= 15 is 0 Å². The van der Waals surface area contributed by atoms with E-state index < -0.39 is 34.4 Å². The summed E-state index contributed by atoms with van der Waals surface area (Å²) in [4.78, 5) is 29.1. The number of hydrogen-bond donors (Lipinski definition) is 1. The second kappa shape index (κ2) is 15.5. The molecule has 0 saturated carbocycles. The largest absolute Gasteiger partial charge is 0.492 e. The molecule has 1 N–H and O–H groups in total. The Kier molecular flexibility index (Phi) is 11.7. The number of hydrogen-bond acceptors (Lipinski definition) is 5. The molecule has 4 aromatic carbocycles. The van der Waals surface area contributed by atoms with E-state index in [9.17, 15) is 18.0 Å². The van der Waals surface area contributed by atoms with E-state index in [0.717, 1.165) is 9.87 Å². The minimum atomic E-state index is -4.33. The lowest BCUT2D eigenvalue weighted by Crippen LogP contribution is -2.53. The number of rotatable bonds is 13. The summed E-state index contributed by atoms with van der Waals surface area (Å²) in [5.41, 5.74) is 1.57. The molecule has 0 spiro atoms. The molecule has 0 bridgehead atoms. The van der Waals surface area contributed by atoms with Gasteiger partial charge in [-0.05, 0) is 66.6 Å². The molecule has 12 heteroatoms. The molecule has 1 atom stereocenters. The topological polar surface area (TPSA) is 96.0 Å². The van der Waals surface area contributed by atoms with Crippen LogP contribution >= 0.6 is 34.8 Å². The molecule has 0 radical (unpaired) electrons. The van der Waals surface area contributed by atoms with Gasteiger partial charge in [0, 0.05) is 25.0 Å². The average molecular weight is 689 g/mol. The van der Waals surface area contributed by atoms with E-state index in [1.165, 1.54) is 36.2 Å². The molecule has 0 fully saturated rings. The zero-order valence-electron chi connectivity index (χ0n) is 24.6. The highest BCUT2D eigenvalue weighted by atomic mass is 35.5. The molecule has 4 aromatic rings. The van der Waals surface area contributed by atoms with Gasteiger partial charge in [0.15, 0.2) is 0 Å². The third kappa shape index (κ3) is 8.49. The SMILES string of the molecule is CCOc1ccccc1N(CC(=O)N(Cc1ccc(Cl)c(Cl)c1)[C@@H](Cc1ccccc1)C(=O)NC)S(=O)(=O)c1ccc(Cl)cc1. The number of carbonyl (C=O) groups is 2. The lowest BCUT2D eigenvalue weighted by atomic mass is 10.0. The molecule has 8 nitrogen and oxygen atoms in total. The van der Waals surface area contributed by atoms with Crippen LogP contribution in [0.3, 0.4) is 0 Å².